The van der Waals surface area contributed by atoms with Crippen LogP contribution in [0.15, 0.2) is 18.2 Å². The largest absolute Gasteiger partial charge is 0.465 e. The number of nitrogens with two attached hydrogens (primary N) is 1. The molecule has 1 rings (SSSR count). The van der Waals surface area contributed by atoms with E-state index < -0.39 is 11.9 Å². The Labute approximate surface area is 104 Å². The second-order valence-corrected chi connectivity index (χ2v) is 3.66. The minimum Gasteiger partial charge on any atom is -0.465 e. The molecule has 0 heterocycles. The molecule has 17 heavy (non-hydrogen) atoms. The zero-order valence-electron chi connectivity index (χ0n) is 9.33. The van der Waals surface area contributed by atoms with Crippen LogP contribution in [-0.2, 0) is 9.53 Å². The maximum Gasteiger partial charge on any atom is 0.325 e. The Bertz CT molecular complexity index is 435. The van der Waals surface area contributed by atoms with Crippen molar-refractivity contribution >= 4 is 29.2 Å². The lowest BCUT2D eigenvalue weighted by Crippen LogP contribution is -2.31. The fourth-order valence-electron chi connectivity index (χ4n) is 1.20. The van der Waals surface area contributed by atoms with Crippen LogP contribution in [0.3, 0.4) is 0 Å². The molecule has 1 aromatic carbocycles. The fraction of sp³-hybridized carbons (Fsp3) is 0.273. The molecule has 0 unspecified atom stereocenters. The highest BCUT2D eigenvalue weighted by atomic mass is 35.5. The quantitative estimate of drug-likeness (QED) is 0.627. The van der Waals surface area contributed by atoms with Gasteiger partial charge in [0, 0.05) is 10.7 Å². The maximum absolute atomic E-state index is 11.6. The van der Waals surface area contributed by atoms with Gasteiger partial charge in [0.15, 0.2) is 0 Å². The number of benzene rings is 1. The summed E-state index contributed by atoms with van der Waals surface area (Å²) in [6, 6.07) is 4.52. The number of hydrogen-bond donors (Lipinski definition) is 2. The number of hydrogen-bond acceptors (Lipinski definition) is 4. The Balaban J connectivity index is 2.61. The predicted octanol–water partition coefficient (Wildman–Crippen LogP) is 1.22. The van der Waals surface area contributed by atoms with Crippen molar-refractivity contribution in [3.05, 3.63) is 28.8 Å². The van der Waals surface area contributed by atoms with E-state index in [-0.39, 0.29) is 24.4 Å². The van der Waals surface area contributed by atoms with E-state index in [0.717, 1.165) is 0 Å². The Morgan fingerprint density at radius 2 is 2.18 bits per heavy atom. The van der Waals surface area contributed by atoms with Crippen molar-refractivity contribution < 1.29 is 14.3 Å². The third-order valence-electron chi connectivity index (χ3n) is 1.96. The van der Waals surface area contributed by atoms with Crippen molar-refractivity contribution in [1.82, 2.24) is 5.32 Å². The van der Waals surface area contributed by atoms with E-state index in [1.165, 1.54) is 12.1 Å². The number of nitrogens with one attached hydrogen (secondary N) is 1. The Hall–Kier alpha value is -1.75. The highest BCUT2D eigenvalue weighted by Crippen LogP contribution is 2.17. The maximum atomic E-state index is 11.6. The smallest absolute Gasteiger partial charge is 0.325 e. The average Bonchev–Trinajstić information content (AvgIpc) is 2.26. The van der Waals surface area contributed by atoms with Crippen LogP contribution in [0.4, 0.5) is 5.69 Å². The molecule has 6 heteroatoms. The zero-order chi connectivity index (χ0) is 12.8. The third-order valence-corrected chi connectivity index (χ3v) is 2.19. The number of halogens is 1. The standard InChI is InChI=1S/C11H13ClN2O3/c1-2-17-10(15)6-14-11(16)8-4-3-7(12)5-9(8)13/h3-5H,2,6,13H2,1H3,(H,14,16). The molecule has 92 valence electrons. The molecule has 0 spiro atoms. The average molecular weight is 257 g/mol. The summed E-state index contributed by atoms with van der Waals surface area (Å²) >= 11 is 5.70. The number of ether oxygens (including phenoxy) is 1. The molecule has 3 N–H and O–H groups in total. The Morgan fingerprint density at radius 3 is 2.76 bits per heavy atom. The summed E-state index contributed by atoms with van der Waals surface area (Å²) in [5.74, 6) is -0.930. The van der Waals surface area contributed by atoms with Crippen molar-refractivity contribution in [2.24, 2.45) is 0 Å². The lowest BCUT2D eigenvalue weighted by Gasteiger charge is -2.07. The van der Waals surface area contributed by atoms with Gasteiger partial charge in [-0.25, -0.2) is 0 Å². The van der Waals surface area contributed by atoms with Crippen LogP contribution < -0.4 is 11.1 Å². The molecule has 0 saturated carbocycles. The predicted molar refractivity (Wildman–Crippen MR) is 64.8 cm³/mol. The minimum absolute atomic E-state index is 0.186. The van der Waals surface area contributed by atoms with Crippen LogP contribution in [0.25, 0.3) is 0 Å². The van der Waals surface area contributed by atoms with E-state index >= 15 is 0 Å². The first-order chi connectivity index (χ1) is 8.04. The van der Waals surface area contributed by atoms with Crippen LogP contribution >= 0.6 is 11.6 Å². The first kappa shape index (κ1) is 13.3. The number of rotatable bonds is 4. The summed E-state index contributed by atoms with van der Waals surface area (Å²) in [4.78, 5) is 22.7. The SMILES string of the molecule is CCOC(=O)CNC(=O)c1ccc(Cl)cc1N. The minimum atomic E-state index is -0.492. The Morgan fingerprint density at radius 1 is 1.47 bits per heavy atom. The van der Waals surface area contributed by atoms with Crippen molar-refractivity contribution in [1.29, 1.82) is 0 Å². The van der Waals surface area contributed by atoms with Gasteiger partial charge < -0.3 is 15.8 Å². The fourth-order valence-corrected chi connectivity index (χ4v) is 1.38. The number of nitrogen functional groups attached to an aromatic ring is 1. The topological polar surface area (TPSA) is 81.4 Å². The van der Waals surface area contributed by atoms with Crippen molar-refractivity contribution in [2.75, 3.05) is 18.9 Å². The number of carbonyl (C=O) groups is 2. The van der Waals surface area contributed by atoms with Crippen molar-refractivity contribution in [3.63, 3.8) is 0 Å². The van der Waals surface area contributed by atoms with E-state index in [2.05, 4.69) is 10.1 Å². The monoisotopic (exact) mass is 256 g/mol. The number of esters is 1. The molecule has 1 aromatic rings. The summed E-state index contributed by atoms with van der Waals surface area (Å²) in [5.41, 5.74) is 6.17. The van der Waals surface area contributed by atoms with E-state index in [4.69, 9.17) is 17.3 Å². The molecule has 1 amide bonds. The lowest BCUT2D eigenvalue weighted by atomic mass is 10.1. The van der Waals surface area contributed by atoms with Crippen LogP contribution in [0.1, 0.15) is 17.3 Å². The second-order valence-electron chi connectivity index (χ2n) is 3.22. The highest BCUT2D eigenvalue weighted by molar-refractivity contribution is 6.31. The molecule has 0 atom stereocenters. The molecule has 0 saturated heterocycles. The summed E-state index contributed by atoms with van der Waals surface area (Å²) in [6.07, 6.45) is 0. The molecule has 0 aliphatic heterocycles. The van der Waals surface area contributed by atoms with E-state index in [1.807, 2.05) is 0 Å². The Kier molecular flexibility index (Phi) is 4.78. The molecular formula is C11H13ClN2O3. The van der Waals surface area contributed by atoms with Crippen LogP contribution in [0, 0.1) is 0 Å². The summed E-state index contributed by atoms with van der Waals surface area (Å²) < 4.78 is 4.67. The second kappa shape index (κ2) is 6.10. The van der Waals surface area contributed by atoms with Crippen LogP contribution in [0.5, 0.6) is 0 Å². The van der Waals surface area contributed by atoms with Crippen LogP contribution in [0.2, 0.25) is 5.02 Å². The zero-order valence-corrected chi connectivity index (χ0v) is 10.1. The normalized spacial score (nSPS) is 9.76. The van der Waals surface area contributed by atoms with Gasteiger partial charge in [-0.15, -0.1) is 0 Å². The van der Waals surface area contributed by atoms with Gasteiger partial charge in [0.1, 0.15) is 6.54 Å². The van der Waals surface area contributed by atoms with Gasteiger partial charge in [-0.2, -0.15) is 0 Å². The first-order valence-corrected chi connectivity index (χ1v) is 5.41. The van der Waals surface area contributed by atoms with E-state index in [9.17, 15) is 9.59 Å². The number of anilines is 1. The molecule has 0 bridgehead atoms. The lowest BCUT2D eigenvalue weighted by molar-refractivity contribution is -0.141. The van der Waals surface area contributed by atoms with E-state index in [1.54, 1.807) is 13.0 Å². The summed E-state index contributed by atoms with van der Waals surface area (Å²) in [5, 5.41) is 2.86. The van der Waals surface area contributed by atoms with Gasteiger partial charge >= 0.3 is 5.97 Å². The van der Waals surface area contributed by atoms with E-state index in [0.29, 0.717) is 5.02 Å². The molecular weight excluding hydrogens is 244 g/mol. The van der Waals surface area contributed by atoms with Gasteiger partial charge in [0.05, 0.1) is 12.2 Å². The summed E-state index contributed by atoms with van der Waals surface area (Å²) in [7, 11) is 0. The molecule has 0 aliphatic carbocycles. The van der Waals surface area contributed by atoms with Crippen LogP contribution in [-0.4, -0.2) is 25.0 Å². The molecule has 5 nitrogen and oxygen atoms in total. The first-order valence-electron chi connectivity index (χ1n) is 5.03. The van der Waals surface area contributed by atoms with Gasteiger partial charge in [0.25, 0.3) is 5.91 Å². The van der Waals surface area contributed by atoms with Gasteiger partial charge in [0.2, 0.25) is 0 Å². The molecule has 0 radical (unpaired) electrons. The van der Waals surface area contributed by atoms with Crippen molar-refractivity contribution in [3.8, 4) is 0 Å². The summed E-state index contributed by atoms with van der Waals surface area (Å²) in [6.45, 7) is 1.78. The van der Waals surface area contributed by atoms with Gasteiger partial charge in [-0.05, 0) is 25.1 Å². The molecule has 0 aromatic heterocycles. The van der Waals surface area contributed by atoms with Gasteiger partial charge in [-0.1, -0.05) is 11.6 Å². The number of carbonyl (C=O) groups excluding carboxylic acids is 2. The molecule has 0 aliphatic rings. The van der Waals surface area contributed by atoms with Gasteiger partial charge in [-0.3, -0.25) is 9.59 Å². The number of amides is 1. The molecule has 0 fully saturated rings. The van der Waals surface area contributed by atoms with Crippen molar-refractivity contribution in [2.45, 2.75) is 6.92 Å². The highest BCUT2D eigenvalue weighted by Gasteiger charge is 2.11. The third kappa shape index (κ3) is 3.96.